The van der Waals surface area contributed by atoms with Gasteiger partial charge in [-0.05, 0) is 75.0 Å². The number of ether oxygens (including phenoxy) is 1. The zero-order valence-electron chi connectivity index (χ0n) is 25.0. The Hall–Kier alpha value is -2.36. The summed E-state index contributed by atoms with van der Waals surface area (Å²) in [6, 6.07) is -1.56. The molecule has 1 heterocycles. The standard InChI is InChI=1S/C29H48N4O6/c1-15-12-29(13-15,21(34)23(36)30-16-10-11-16)32-22(35)19-18-17(28(18,8)9)14-33(19)24(37)20(26(2,3)4)31-25(38)39-27(5,6)7/h15-21,34H,10-14H2,1-9H3,(H,30,36)(H,31,38)(H,32,35)/t15?,17-,18-,19-,20+,21?,29?/m0/s1. The number of alkyl carbamates (subject to hydrolysis) is 1. The second-order valence-electron chi connectivity index (χ2n) is 15.2. The SMILES string of the molecule is CC1CC(NC(=O)[C@@H]2[C@@H]3[C@H](CN2C(=O)[C@@H](NC(=O)OC(C)(C)C)C(C)(C)C)C3(C)C)(C(O)C(=O)NC2CC2)C1. The van der Waals surface area contributed by atoms with E-state index >= 15 is 0 Å². The molecule has 4 rings (SSSR count). The number of fused-ring (bicyclic) bond motifs is 1. The van der Waals surface area contributed by atoms with E-state index in [2.05, 4.69) is 29.8 Å². The first-order valence-electron chi connectivity index (χ1n) is 14.4. The molecule has 4 amide bonds. The predicted octanol–water partition coefficient (Wildman–Crippen LogP) is 2.33. The number of aliphatic hydroxyl groups excluding tert-OH is 1. The van der Waals surface area contributed by atoms with E-state index in [4.69, 9.17) is 4.74 Å². The maximum atomic E-state index is 14.0. The number of aliphatic hydroxyl groups is 1. The Morgan fingerprint density at radius 3 is 2.10 bits per heavy atom. The van der Waals surface area contributed by atoms with Crippen LogP contribution in [0.15, 0.2) is 0 Å². The summed E-state index contributed by atoms with van der Waals surface area (Å²) in [5, 5.41) is 19.7. The first-order chi connectivity index (χ1) is 17.8. The van der Waals surface area contributed by atoms with Crippen molar-refractivity contribution in [2.24, 2.45) is 28.6 Å². The van der Waals surface area contributed by atoms with Crippen LogP contribution in [-0.2, 0) is 19.1 Å². The number of likely N-dealkylation sites (tertiary alicyclic amines) is 1. The Labute approximate surface area is 232 Å². The smallest absolute Gasteiger partial charge is 0.408 e. The van der Waals surface area contributed by atoms with Crippen molar-refractivity contribution in [3.05, 3.63) is 0 Å². The van der Waals surface area contributed by atoms with Gasteiger partial charge in [-0.15, -0.1) is 0 Å². The molecule has 1 unspecified atom stereocenters. The van der Waals surface area contributed by atoms with E-state index in [1.165, 1.54) is 0 Å². The third kappa shape index (κ3) is 5.91. The van der Waals surface area contributed by atoms with Gasteiger partial charge in [-0.2, -0.15) is 0 Å². The second kappa shape index (κ2) is 9.63. The van der Waals surface area contributed by atoms with Crippen LogP contribution >= 0.6 is 0 Å². The summed E-state index contributed by atoms with van der Waals surface area (Å²) in [5.74, 6) is -0.781. The van der Waals surface area contributed by atoms with Crippen molar-refractivity contribution in [2.45, 2.75) is 123 Å². The minimum Gasteiger partial charge on any atom is -0.444 e. The molecule has 4 aliphatic rings. The number of nitrogens with zero attached hydrogens (tertiary/aromatic N) is 1. The molecule has 4 fully saturated rings. The molecule has 0 aromatic rings. The molecule has 3 saturated carbocycles. The van der Waals surface area contributed by atoms with Gasteiger partial charge in [-0.25, -0.2) is 4.79 Å². The zero-order valence-corrected chi connectivity index (χ0v) is 25.0. The number of rotatable bonds is 7. The van der Waals surface area contributed by atoms with Crippen molar-refractivity contribution < 1.29 is 29.0 Å². The van der Waals surface area contributed by atoms with Gasteiger partial charge in [0.05, 0.1) is 5.54 Å². The van der Waals surface area contributed by atoms with Crippen molar-refractivity contribution in [1.29, 1.82) is 0 Å². The number of carbonyl (C=O) groups is 4. The fourth-order valence-corrected chi connectivity index (χ4v) is 6.71. The Balaban J connectivity index is 1.55. The Morgan fingerprint density at radius 1 is 1.03 bits per heavy atom. The highest BCUT2D eigenvalue weighted by Gasteiger charge is 2.70. The Kier molecular flexibility index (Phi) is 7.31. The lowest BCUT2D eigenvalue weighted by atomic mass is 9.65. The van der Waals surface area contributed by atoms with E-state index in [-0.39, 0.29) is 41.0 Å². The van der Waals surface area contributed by atoms with E-state index in [1.807, 2.05) is 27.7 Å². The monoisotopic (exact) mass is 548 g/mol. The molecule has 0 radical (unpaired) electrons. The van der Waals surface area contributed by atoms with Crippen molar-refractivity contribution in [2.75, 3.05) is 6.54 Å². The molecule has 1 saturated heterocycles. The maximum absolute atomic E-state index is 14.0. The number of nitrogens with one attached hydrogen (secondary N) is 3. The average Bonchev–Trinajstić information content (AvgIpc) is 3.60. The van der Waals surface area contributed by atoms with Gasteiger partial charge in [0, 0.05) is 12.6 Å². The summed E-state index contributed by atoms with van der Waals surface area (Å²) in [7, 11) is 0. The molecule has 0 aromatic carbocycles. The summed E-state index contributed by atoms with van der Waals surface area (Å²) >= 11 is 0. The highest BCUT2D eigenvalue weighted by molar-refractivity contribution is 5.94. The van der Waals surface area contributed by atoms with Gasteiger partial charge in [0.25, 0.3) is 5.91 Å². The minimum absolute atomic E-state index is 0.0458. The highest BCUT2D eigenvalue weighted by Crippen LogP contribution is 2.65. The van der Waals surface area contributed by atoms with Crippen LogP contribution in [0, 0.1) is 28.6 Å². The van der Waals surface area contributed by atoms with Crippen LogP contribution in [0.1, 0.15) is 88.0 Å². The minimum atomic E-state index is -1.36. The Morgan fingerprint density at radius 2 is 1.62 bits per heavy atom. The summed E-state index contributed by atoms with van der Waals surface area (Å²) in [4.78, 5) is 55.0. The van der Waals surface area contributed by atoms with Crippen LogP contribution in [0.3, 0.4) is 0 Å². The van der Waals surface area contributed by atoms with Gasteiger partial charge in [0.2, 0.25) is 11.8 Å². The fraction of sp³-hybridized carbons (Fsp3) is 0.862. The molecular formula is C29H48N4O6. The third-order valence-corrected chi connectivity index (χ3v) is 9.03. The lowest BCUT2D eigenvalue weighted by molar-refractivity contribution is -0.149. The number of amides is 4. The van der Waals surface area contributed by atoms with Crippen LogP contribution in [0.5, 0.6) is 0 Å². The fourth-order valence-electron chi connectivity index (χ4n) is 6.71. The van der Waals surface area contributed by atoms with Gasteiger partial charge >= 0.3 is 6.09 Å². The zero-order chi connectivity index (χ0) is 29.3. The predicted molar refractivity (Wildman–Crippen MR) is 145 cm³/mol. The summed E-state index contributed by atoms with van der Waals surface area (Å²) in [6.45, 7) is 17.5. The van der Waals surface area contributed by atoms with E-state index in [0.29, 0.717) is 19.4 Å². The maximum Gasteiger partial charge on any atom is 0.408 e. The lowest BCUT2D eigenvalue weighted by Gasteiger charge is -2.50. The van der Waals surface area contributed by atoms with Crippen LogP contribution in [0.4, 0.5) is 4.79 Å². The average molecular weight is 549 g/mol. The lowest BCUT2D eigenvalue weighted by Crippen LogP contribution is -2.69. The molecule has 0 bridgehead atoms. The van der Waals surface area contributed by atoms with Crippen LogP contribution < -0.4 is 16.0 Å². The van der Waals surface area contributed by atoms with E-state index < -0.39 is 46.7 Å². The third-order valence-electron chi connectivity index (χ3n) is 9.03. The van der Waals surface area contributed by atoms with Gasteiger partial charge < -0.3 is 30.7 Å². The van der Waals surface area contributed by atoms with Gasteiger partial charge in [0.15, 0.2) is 6.10 Å². The van der Waals surface area contributed by atoms with Crippen molar-refractivity contribution in [3.8, 4) is 0 Å². The molecule has 39 heavy (non-hydrogen) atoms. The molecule has 4 N–H and O–H groups in total. The topological polar surface area (TPSA) is 137 Å². The largest absolute Gasteiger partial charge is 0.444 e. The highest BCUT2D eigenvalue weighted by atomic mass is 16.6. The van der Waals surface area contributed by atoms with Crippen molar-refractivity contribution in [3.63, 3.8) is 0 Å². The molecular weight excluding hydrogens is 500 g/mol. The number of hydrogen-bond donors (Lipinski definition) is 4. The number of hydrogen-bond acceptors (Lipinski definition) is 6. The molecule has 10 heteroatoms. The number of piperidine rings is 1. The quantitative estimate of drug-likeness (QED) is 0.385. The second-order valence-corrected chi connectivity index (χ2v) is 15.2. The molecule has 10 nitrogen and oxygen atoms in total. The van der Waals surface area contributed by atoms with E-state index in [1.54, 1.807) is 25.7 Å². The molecule has 220 valence electrons. The van der Waals surface area contributed by atoms with Crippen LogP contribution in [-0.4, -0.2) is 75.7 Å². The van der Waals surface area contributed by atoms with Gasteiger partial charge in [0.1, 0.15) is 17.7 Å². The molecule has 1 aliphatic heterocycles. The molecule has 3 aliphatic carbocycles. The van der Waals surface area contributed by atoms with E-state index in [9.17, 15) is 24.3 Å². The van der Waals surface area contributed by atoms with Gasteiger partial charge in [-0.3, -0.25) is 14.4 Å². The molecule has 0 spiro atoms. The first-order valence-corrected chi connectivity index (χ1v) is 14.4. The number of carbonyl (C=O) groups excluding carboxylic acids is 4. The first kappa shape index (κ1) is 29.6. The van der Waals surface area contributed by atoms with Crippen molar-refractivity contribution >= 4 is 23.8 Å². The normalized spacial score (nSPS) is 32.7. The van der Waals surface area contributed by atoms with Gasteiger partial charge in [-0.1, -0.05) is 41.5 Å². The summed E-state index contributed by atoms with van der Waals surface area (Å²) in [5.41, 5.74) is -2.53. The molecule has 0 aromatic heterocycles. The summed E-state index contributed by atoms with van der Waals surface area (Å²) < 4.78 is 5.43. The van der Waals surface area contributed by atoms with E-state index in [0.717, 1.165) is 12.8 Å². The van der Waals surface area contributed by atoms with Crippen molar-refractivity contribution in [1.82, 2.24) is 20.9 Å². The Bertz CT molecular complexity index is 1020. The van der Waals surface area contributed by atoms with Crippen LogP contribution in [0.2, 0.25) is 0 Å². The summed E-state index contributed by atoms with van der Waals surface area (Å²) in [6.07, 6.45) is 0.731. The van der Waals surface area contributed by atoms with Crippen LogP contribution in [0.25, 0.3) is 0 Å². The molecule has 5 atom stereocenters.